The number of carbonyl (C=O) groups is 1. The van der Waals surface area contributed by atoms with Crippen LogP contribution in [0.2, 0.25) is 0 Å². The summed E-state index contributed by atoms with van der Waals surface area (Å²) in [6.45, 7) is 3.50. The molecular formula is C73H141NO10. The Hall–Kier alpha value is -1.41. The molecule has 84 heavy (non-hydrogen) atoms. The zero-order valence-electron chi connectivity index (χ0n) is 55.2. The first-order valence-corrected chi connectivity index (χ1v) is 36.7. The molecule has 0 spiro atoms. The van der Waals surface area contributed by atoms with Gasteiger partial charge in [0.15, 0.2) is 6.29 Å². The monoisotopic (exact) mass is 1190 g/mol. The Morgan fingerprint density at radius 1 is 0.405 bits per heavy atom. The van der Waals surface area contributed by atoms with E-state index in [-0.39, 0.29) is 12.8 Å². The summed E-state index contributed by atoms with van der Waals surface area (Å²) < 4.78 is 11.2. The van der Waals surface area contributed by atoms with Gasteiger partial charge in [-0.25, -0.2) is 0 Å². The van der Waals surface area contributed by atoms with Crippen LogP contribution in [0.4, 0.5) is 0 Å². The minimum absolute atomic E-state index is 0.249. The molecule has 1 fully saturated rings. The molecule has 8 N–H and O–H groups in total. The molecular weight excluding hydrogens is 1050 g/mol. The highest BCUT2D eigenvalue weighted by Crippen LogP contribution is 2.24. The number of hydrogen-bond donors (Lipinski definition) is 8. The summed E-state index contributed by atoms with van der Waals surface area (Å²) in [4.78, 5) is 13.3. The van der Waals surface area contributed by atoms with E-state index in [0.29, 0.717) is 19.3 Å². The molecule has 0 bridgehead atoms. The first-order chi connectivity index (χ1) is 41.2. The van der Waals surface area contributed by atoms with Crippen LogP contribution in [0.5, 0.6) is 0 Å². The van der Waals surface area contributed by atoms with Crippen molar-refractivity contribution in [3.63, 3.8) is 0 Å². The van der Waals surface area contributed by atoms with E-state index < -0.39 is 74.2 Å². The Bertz CT molecular complexity index is 1420. The molecule has 0 radical (unpaired) electrons. The Kier molecular flexibility index (Phi) is 59.3. The summed E-state index contributed by atoms with van der Waals surface area (Å²) in [7, 11) is 0. The van der Waals surface area contributed by atoms with Gasteiger partial charge < -0.3 is 50.5 Å². The third kappa shape index (κ3) is 48.5. The van der Waals surface area contributed by atoms with E-state index in [9.17, 15) is 40.5 Å². The van der Waals surface area contributed by atoms with E-state index in [1.54, 1.807) is 0 Å². The molecule has 0 aromatic rings. The van der Waals surface area contributed by atoms with Crippen LogP contribution in [-0.4, -0.2) is 110 Å². The lowest BCUT2D eigenvalue weighted by molar-refractivity contribution is -0.303. The van der Waals surface area contributed by atoms with Crippen molar-refractivity contribution in [2.24, 2.45) is 0 Å². The van der Waals surface area contributed by atoms with Gasteiger partial charge in [0.1, 0.15) is 36.6 Å². The number of nitrogens with one attached hydrogen (secondary N) is 1. The number of allylic oxidation sites excluding steroid dienone is 4. The average molecular weight is 1190 g/mol. The van der Waals surface area contributed by atoms with E-state index in [0.717, 1.165) is 38.5 Å². The number of hydrogen-bond acceptors (Lipinski definition) is 10. The van der Waals surface area contributed by atoms with Crippen molar-refractivity contribution in [1.82, 2.24) is 5.32 Å². The lowest BCUT2D eigenvalue weighted by atomic mass is 9.98. The van der Waals surface area contributed by atoms with Crippen molar-refractivity contribution in [2.75, 3.05) is 13.2 Å². The molecule has 1 heterocycles. The molecule has 11 nitrogen and oxygen atoms in total. The van der Waals surface area contributed by atoms with Crippen LogP contribution in [0.25, 0.3) is 0 Å². The molecule has 0 aromatic carbocycles. The van der Waals surface area contributed by atoms with Gasteiger partial charge in [0.2, 0.25) is 5.91 Å². The van der Waals surface area contributed by atoms with Crippen LogP contribution in [0.3, 0.4) is 0 Å². The van der Waals surface area contributed by atoms with Crippen LogP contribution in [0, 0.1) is 0 Å². The Morgan fingerprint density at radius 3 is 1.06 bits per heavy atom. The first-order valence-electron chi connectivity index (χ1n) is 36.7. The summed E-state index contributed by atoms with van der Waals surface area (Å²) in [5, 5.41) is 76.5. The maximum absolute atomic E-state index is 13.3. The summed E-state index contributed by atoms with van der Waals surface area (Å²) >= 11 is 0. The van der Waals surface area contributed by atoms with Crippen LogP contribution in [0.1, 0.15) is 367 Å². The smallest absolute Gasteiger partial charge is 0.249 e. The SMILES string of the molecule is CCCCCCCCCCCCCCCCCCCC/C=C/CC/C=C/CCCC(O)C(O)C(COC1OC(CO)C(O)C(O)C1O)NC(=O)C(O)CCCCCCCCCCCCCCCCCCCCCCCCCCCCCCCC. The second-order valence-corrected chi connectivity index (χ2v) is 26.0. The normalized spacial score (nSPS) is 19.0. The van der Waals surface area contributed by atoms with Crippen molar-refractivity contribution in [3.8, 4) is 0 Å². The Labute approximate surface area is 518 Å². The quantitative estimate of drug-likeness (QED) is 0.0215. The fraction of sp³-hybridized carbons (Fsp3) is 0.932. The number of unbranched alkanes of at least 4 members (excludes halogenated alkanes) is 49. The van der Waals surface area contributed by atoms with Gasteiger partial charge in [0, 0.05) is 0 Å². The lowest BCUT2D eigenvalue weighted by Gasteiger charge is -2.40. The predicted molar refractivity (Wildman–Crippen MR) is 353 cm³/mol. The zero-order chi connectivity index (χ0) is 61.0. The van der Waals surface area contributed by atoms with Crippen molar-refractivity contribution in [1.29, 1.82) is 0 Å². The first kappa shape index (κ1) is 80.6. The predicted octanol–water partition coefficient (Wildman–Crippen LogP) is 18.0. The van der Waals surface area contributed by atoms with Gasteiger partial charge in [0.05, 0.1) is 25.4 Å². The molecule has 1 rings (SSSR count). The van der Waals surface area contributed by atoms with Crippen LogP contribution in [-0.2, 0) is 14.3 Å². The van der Waals surface area contributed by atoms with E-state index in [1.807, 2.05) is 0 Å². The van der Waals surface area contributed by atoms with Crippen LogP contribution >= 0.6 is 0 Å². The van der Waals surface area contributed by atoms with Crippen molar-refractivity contribution < 1.29 is 50.0 Å². The number of aliphatic hydroxyl groups excluding tert-OH is 7. The third-order valence-electron chi connectivity index (χ3n) is 18.0. The maximum atomic E-state index is 13.3. The van der Waals surface area contributed by atoms with E-state index in [1.165, 1.54) is 283 Å². The number of ether oxygens (including phenoxy) is 2. The lowest BCUT2D eigenvalue weighted by Crippen LogP contribution is -2.60. The number of carbonyl (C=O) groups excluding carboxylic acids is 1. The van der Waals surface area contributed by atoms with E-state index in [4.69, 9.17) is 9.47 Å². The molecule has 9 atom stereocenters. The molecule has 1 saturated heterocycles. The molecule has 0 aliphatic carbocycles. The molecule has 1 aliphatic heterocycles. The molecule has 498 valence electrons. The van der Waals surface area contributed by atoms with E-state index >= 15 is 0 Å². The molecule has 1 aliphatic rings. The van der Waals surface area contributed by atoms with Gasteiger partial charge in [-0.3, -0.25) is 4.79 Å². The van der Waals surface area contributed by atoms with Gasteiger partial charge in [-0.15, -0.1) is 0 Å². The molecule has 11 heteroatoms. The highest BCUT2D eigenvalue weighted by molar-refractivity contribution is 5.80. The summed E-state index contributed by atoms with van der Waals surface area (Å²) in [6, 6.07) is -1.19. The van der Waals surface area contributed by atoms with Crippen LogP contribution < -0.4 is 5.32 Å². The van der Waals surface area contributed by atoms with Gasteiger partial charge >= 0.3 is 0 Å². The van der Waals surface area contributed by atoms with Crippen LogP contribution in [0.15, 0.2) is 24.3 Å². The zero-order valence-corrected chi connectivity index (χ0v) is 55.2. The largest absolute Gasteiger partial charge is 0.394 e. The Morgan fingerprint density at radius 2 is 0.714 bits per heavy atom. The summed E-state index contributed by atoms with van der Waals surface area (Å²) in [5.74, 6) is -0.702. The second-order valence-electron chi connectivity index (χ2n) is 26.0. The van der Waals surface area contributed by atoms with Crippen molar-refractivity contribution in [3.05, 3.63) is 24.3 Å². The van der Waals surface area contributed by atoms with Gasteiger partial charge in [-0.05, 0) is 51.4 Å². The topological polar surface area (TPSA) is 189 Å². The summed E-state index contributed by atoms with van der Waals surface area (Å²) in [6.07, 6.45) is 67.1. The minimum atomic E-state index is -1.67. The van der Waals surface area contributed by atoms with Crippen molar-refractivity contribution in [2.45, 2.75) is 422 Å². The van der Waals surface area contributed by atoms with E-state index in [2.05, 4.69) is 43.5 Å². The third-order valence-corrected chi connectivity index (χ3v) is 18.0. The molecule has 0 aromatic heterocycles. The number of aliphatic hydroxyl groups is 7. The average Bonchev–Trinajstić information content (AvgIpc) is 3.66. The number of amides is 1. The molecule has 0 saturated carbocycles. The molecule has 9 unspecified atom stereocenters. The van der Waals surface area contributed by atoms with Gasteiger partial charge in [0.25, 0.3) is 0 Å². The standard InChI is InChI=1S/C73H141NO10/c1-3-5-7-9-11-13-15-17-19-21-23-25-27-29-31-32-33-35-37-39-41-43-45-47-49-51-53-55-57-59-61-66(77)72(82)74-64(63-83-73-71(81)70(80)69(79)67(62-75)84-73)68(78)65(76)60-58-56-54-52-50-48-46-44-42-40-38-36-34-30-28-26-24-22-20-18-16-14-12-10-8-6-4-2/h44,46,52,54,64-71,73,75-81H,3-43,45,47-51,53,55-63H2,1-2H3,(H,74,82)/b46-44+,54-52+. The number of rotatable bonds is 65. The molecule has 1 amide bonds. The van der Waals surface area contributed by atoms with Gasteiger partial charge in [-0.2, -0.15) is 0 Å². The second kappa shape index (κ2) is 61.8. The van der Waals surface area contributed by atoms with Crippen molar-refractivity contribution >= 4 is 5.91 Å². The Balaban J connectivity index is 2.20. The summed E-state index contributed by atoms with van der Waals surface area (Å²) in [5.41, 5.74) is 0. The maximum Gasteiger partial charge on any atom is 0.249 e. The fourth-order valence-corrected chi connectivity index (χ4v) is 12.1. The fourth-order valence-electron chi connectivity index (χ4n) is 12.1. The highest BCUT2D eigenvalue weighted by Gasteiger charge is 2.44. The minimum Gasteiger partial charge on any atom is -0.394 e. The van der Waals surface area contributed by atoms with Gasteiger partial charge in [-0.1, -0.05) is 340 Å². The highest BCUT2D eigenvalue weighted by atomic mass is 16.7.